The number of nitrogens with zero attached hydrogens (tertiary/aromatic N) is 1. The van der Waals surface area contributed by atoms with Gasteiger partial charge in [-0.3, -0.25) is 4.79 Å². The lowest BCUT2D eigenvalue weighted by atomic mass is 9.66. The third kappa shape index (κ3) is 5.42. The normalized spacial score (nSPS) is 24.4. The smallest absolute Gasteiger partial charge is 0.336 e. The van der Waals surface area contributed by atoms with Gasteiger partial charge in [-0.2, -0.15) is 0 Å². The van der Waals surface area contributed by atoms with Crippen LogP contribution in [0.3, 0.4) is 0 Å². The zero-order valence-electron chi connectivity index (χ0n) is 21.6. The number of benzene rings is 1. The van der Waals surface area contributed by atoms with E-state index >= 15 is 0 Å². The molecule has 1 aliphatic carbocycles. The maximum atomic E-state index is 13.4. The van der Waals surface area contributed by atoms with E-state index in [-0.39, 0.29) is 30.1 Å². The van der Waals surface area contributed by atoms with Crippen LogP contribution in [0.2, 0.25) is 0 Å². The van der Waals surface area contributed by atoms with Crippen molar-refractivity contribution in [2.75, 3.05) is 13.2 Å². The number of amides is 1. The largest absolute Gasteiger partial charge is 0.483 e. The molecule has 0 spiro atoms. The van der Waals surface area contributed by atoms with E-state index in [1.807, 2.05) is 24.0 Å². The molecule has 0 unspecified atom stereocenters. The number of carbonyl (C=O) groups excluding carboxylic acids is 1. The quantitative estimate of drug-likeness (QED) is 0.474. The van der Waals surface area contributed by atoms with Gasteiger partial charge in [0, 0.05) is 35.5 Å². The van der Waals surface area contributed by atoms with Crippen LogP contribution in [-0.4, -0.2) is 40.7 Å². The summed E-state index contributed by atoms with van der Waals surface area (Å²) in [5.74, 6) is 0.688. The van der Waals surface area contributed by atoms with Crippen LogP contribution in [0.4, 0.5) is 0 Å². The van der Waals surface area contributed by atoms with Gasteiger partial charge in [0.2, 0.25) is 0 Å². The lowest BCUT2D eigenvalue weighted by molar-refractivity contribution is -0.157. The lowest BCUT2D eigenvalue weighted by Gasteiger charge is -2.52. The van der Waals surface area contributed by atoms with E-state index in [1.165, 1.54) is 0 Å². The van der Waals surface area contributed by atoms with Gasteiger partial charge in [-0.05, 0) is 63.1 Å². The van der Waals surface area contributed by atoms with E-state index in [9.17, 15) is 14.7 Å². The summed E-state index contributed by atoms with van der Waals surface area (Å²) in [5.41, 5.74) is 1.30. The minimum Gasteiger partial charge on any atom is -0.483 e. The van der Waals surface area contributed by atoms with Gasteiger partial charge >= 0.3 is 5.63 Å². The number of fused-ring (bicyclic) bond motifs is 2. The molecule has 6 heteroatoms. The van der Waals surface area contributed by atoms with Crippen LogP contribution in [0.25, 0.3) is 11.0 Å². The summed E-state index contributed by atoms with van der Waals surface area (Å²) in [4.78, 5) is 27.5. The summed E-state index contributed by atoms with van der Waals surface area (Å²) in [5, 5.41) is 12.2. The highest BCUT2D eigenvalue weighted by Gasteiger charge is 2.49. The molecule has 6 nitrogen and oxygen atoms in total. The van der Waals surface area contributed by atoms with Gasteiger partial charge in [-0.15, -0.1) is 0 Å². The number of ether oxygens (including phenoxy) is 1. The molecule has 2 aromatic rings. The number of aliphatic hydroxyl groups is 1. The molecule has 1 amide bonds. The summed E-state index contributed by atoms with van der Waals surface area (Å²) in [6.07, 6.45) is 10.6. The third-order valence-corrected chi connectivity index (χ3v) is 8.24. The second-order valence-electron chi connectivity index (χ2n) is 10.6. The molecule has 192 valence electrons. The molecule has 1 aliphatic heterocycles. The molecule has 1 saturated heterocycles. The van der Waals surface area contributed by atoms with Crippen LogP contribution in [-0.2, 0) is 11.2 Å². The van der Waals surface area contributed by atoms with Crippen molar-refractivity contribution in [3.8, 4) is 5.75 Å². The fourth-order valence-electron chi connectivity index (χ4n) is 6.25. The minimum atomic E-state index is -0.629. The van der Waals surface area contributed by atoms with Crippen molar-refractivity contribution in [2.24, 2.45) is 5.92 Å². The summed E-state index contributed by atoms with van der Waals surface area (Å²) in [7, 11) is 0. The predicted octanol–water partition coefficient (Wildman–Crippen LogP) is 5.54. The Balaban J connectivity index is 1.51. The molecule has 0 radical (unpaired) electrons. The average molecular weight is 484 g/mol. The van der Waals surface area contributed by atoms with E-state index in [0.717, 1.165) is 80.7 Å². The Morgan fingerprint density at radius 1 is 1.20 bits per heavy atom. The van der Waals surface area contributed by atoms with Crippen LogP contribution in [0.1, 0.15) is 89.2 Å². The van der Waals surface area contributed by atoms with Gasteiger partial charge in [0.05, 0.1) is 5.60 Å². The molecule has 2 heterocycles. The molecule has 2 aliphatic rings. The highest BCUT2D eigenvalue weighted by atomic mass is 16.5. The van der Waals surface area contributed by atoms with Gasteiger partial charge in [-0.1, -0.05) is 46.0 Å². The van der Waals surface area contributed by atoms with E-state index < -0.39 is 5.60 Å². The van der Waals surface area contributed by atoms with Crippen molar-refractivity contribution >= 4 is 16.9 Å². The Labute approximate surface area is 208 Å². The Bertz CT molecular complexity index is 1090. The Morgan fingerprint density at radius 3 is 2.77 bits per heavy atom. The highest BCUT2D eigenvalue weighted by Crippen LogP contribution is 2.44. The van der Waals surface area contributed by atoms with Crippen LogP contribution < -0.4 is 10.4 Å². The van der Waals surface area contributed by atoms with Gasteiger partial charge in [-0.25, -0.2) is 4.79 Å². The number of hydrogen-bond acceptors (Lipinski definition) is 5. The fourth-order valence-corrected chi connectivity index (χ4v) is 6.25. The molecule has 1 N–H and O–H groups in total. The molecule has 2 fully saturated rings. The molecule has 1 aromatic carbocycles. The van der Waals surface area contributed by atoms with Crippen molar-refractivity contribution in [1.29, 1.82) is 0 Å². The maximum Gasteiger partial charge on any atom is 0.336 e. The van der Waals surface area contributed by atoms with Crippen LogP contribution in [0, 0.1) is 12.8 Å². The number of rotatable bonds is 9. The second-order valence-corrected chi connectivity index (χ2v) is 10.6. The van der Waals surface area contributed by atoms with Crippen molar-refractivity contribution < 1.29 is 19.1 Å². The first-order valence-corrected chi connectivity index (χ1v) is 13.6. The number of likely N-dealkylation sites (tertiary alicyclic amines) is 1. The van der Waals surface area contributed by atoms with Gasteiger partial charge in [0.15, 0.2) is 6.61 Å². The first-order valence-electron chi connectivity index (χ1n) is 13.6. The SMILES string of the molecule is CCCCc1cc(=O)oc2c(C)c(OCC(=O)N3CC[C@@]4(O)CCCC[C@H]4[C@H]3CCCC)ccc12. The Kier molecular flexibility index (Phi) is 8.20. The first kappa shape index (κ1) is 25.7. The van der Waals surface area contributed by atoms with E-state index in [2.05, 4.69) is 13.8 Å². The topological polar surface area (TPSA) is 80.0 Å². The molecule has 1 saturated carbocycles. The van der Waals surface area contributed by atoms with E-state index in [0.29, 0.717) is 24.3 Å². The Morgan fingerprint density at radius 2 is 2.00 bits per heavy atom. The summed E-state index contributed by atoms with van der Waals surface area (Å²) in [6, 6.07) is 5.47. The third-order valence-electron chi connectivity index (χ3n) is 8.24. The minimum absolute atomic E-state index is 0.0311. The monoisotopic (exact) mass is 483 g/mol. The van der Waals surface area contributed by atoms with E-state index in [1.54, 1.807) is 6.07 Å². The maximum absolute atomic E-state index is 13.4. The van der Waals surface area contributed by atoms with Crippen LogP contribution in [0.15, 0.2) is 27.4 Å². The highest BCUT2D eigenvalue weighted by molar-refractivity contribution is 5.85. The number of carbonyl (C=O) groups is 1. The summed E-state index contributed by atoms with van der Waals surface area (Å²) in [6.45, 7) is 6.70. The Hall–Kier alpha value is -2.34. The summed E-state index contributed by atoms with van der Waals surface area (Å²) < 4.78 is 11.6. The molecular weight excluding hydrogens is 442 g/mol. The zero-order valence-corrected chi connectivity index (χ0v) is 21.6. The molecule has 4 rings (SSSR count). The van der Waals surface area contributed by atoms with Crippen molar-refractivity contribution in [1.82, 2.24) is 4.90 Å². The molecule has 35 heavy (non-hydrogen) atoms. The first-order chi connectivity index (χ1) is 16.9. The van der Waals surface area contributed by atoms with Gasteiger partial charge in [0.25, 0.3) is 5.91 Å². The second kappa shape index (κ2) is 11.2. The van der Waals surface area contributed by atoms with E-state index in [4.69, 9.17) is 9.15 Å². The number of unbranched alkanes of at least 4 members (excludes halogenated alkanes) is 2. The number of hydrogen-bond donors (Lipinski definition) is 1. The molecular formula is C29H41NO5. The van der Waals surface area contributed by atoms with Gasteiger partial charge < -0.3 is 19.2 Å². The van der Waals surface area contributed by atoms with Crippen LogP contribution in [0.5, 0.6) is 5.75 Å². The van der Waals surface area contributed by atoms with Crippen molar-refractivity contribution in [3.63, 3.8) is 0 Å². The standard InChI is InChI=1S/C29H41NO5/c1-4-6-10-21-18-27(32)35-28-20(3)25(14-13-22(21)28)34-19-26(31)30-17-16-29(33)15-9-8-11-23(29)24(30)12-7-5-2/h13-14,18,23-24,33H,4-12,15-17,19H2,1-3H3/t23-,24+,29-/m0/s1. The van der Waals surface area contributed by atoms with Crippen molar-refractivity contribution in [2.45, 2.75) is 103 Å². The summed E-state index contributed by atoms with van der Waals surface area (Å²) >= 11 is 0. The average Bonchev–Trinajstić information content (AvgIpc) is 2.85. The fraction of sp³-hybridized carbons (Fsp3) is 0.655. The number of piperidine rings is 1. The zero-order chi connectivity index (χ0) is 25.0. The van der Waals surface area contributed by atoms with Gasteiger partial charge in [0.1, 0.15) is 11.3 Å². The molecule has 3 atom stereocenters. The van der Waals surface area contributed by atoms with Crippen LogP contribution >= 0.6 is 0 Å². The lowest BCUT2D eigenvalue weighted by Crippen LogP contribution is -2.61. The van der Waals surface area contributed by atoms with Crippen molar-refractivity contribution in [3.05, 3.63) is 39.7 Å². The molecule has 0 bridgehead atoms. The number of aryl methyl sites for hydroxylation is 2. The predicted molar refractivity (Wildman–Crippen MR) is 138 cm³/mol. The molecule has 1 aromatic heterocycles.